The topological polar surface area (TPSA) is 72.3 Å². The number of methoxy groups -OCH3 is 1. The summed E-state index contributed by atoms with van der Waals surface area (Å²) in [4.78, 5) is 21.0. The van der Waals surface area contributed by atoms with Crippen molar-refractivity contribution in [3.8, 4) is 0 Å². The van der Waals surface area contributed by atoms with Crippen LogP contribution >= 0.6 is 0 Å². The van der Waals surface area contributed by atoms with Crippen molar-refractivity contribution in [3.63, 3.8) is 0 Å². The Bertz CT molecular complexity index is 772. The van der Waals surface area contributed by atoms with Crippen LogP contribution < -0.4 is 5.32 Å². The van der Waals surface area contributed by atoms with Crippen LogP contribution in [0.1, 0.15) is 33.1 Å². The van der Waals surface area contributed by atoms with Gasteiger partial charge in [-0.1, -0.05) is 6.08 Å². The van der Waals surface area contributed by atoms with Crippen LogP contribution in [0.4, 0.5) is 0 Å². The third-order valence-corrected chi connectivity index (χ3v) is 4.88. The van der Waals surface area contributed by atoms with E-state index in [-0.39, 0.29) is 18.1 Å². The van der Waals surface area contributed by atoms with Gasteiger partial charge in [0.2, 0.25) is 0 Å². The average molecular weight is 369 g/mol. The lowest BCUT2D eigenvalue weighted by Crippen LogP contribution is -2.26. The molecule has 1 fully saturated rings. The molecule has 1 N–H and O–H groups in total. The van der Waals surface area contributed by atoms with Gasteiger partial charge >= 0.3 is 5.97 Å². The fourth-order valence-corrected chi connectivity index (χ4v) is 3.37. The van der Waals surface area contributed by atoms with Crippen LogP contribution in [-0.4, -0.2) is 50.2 Å². The molecule has 2 aliphatic heterocycles. The molecule has 6 nitrogen and oxygen atoms in total. The van der Waals surface area contributed by atoms with Gasteiger partial charge in [0.1, 0.15) is 11.8 Å². The van der Waals surface area contributed by atoms with Gasteiger partial charge in [0.25, 0.3) is 0 Å². The lowest BCUT2D eigenvalue weighted by atomic mass is 9.94. The molecule has 0 aromatic heterocycles. The van der Waals surface area contributed by atoms with Gasteiger partial charge in [-0.25, -0.2) is 4.79 Å². The van der Waals surface area contributed by atoms with Crippen molar-refractivity contribution in [2.24, 2.45) is 9.98 Å². The second-order valence-corrected chi connectivity index (χ2v) is 6.92. The number of esters is 1. The number of carbonyl (C=O) groups is 1. The normalized spacial score (nSPS) is 25.5. The first-order chi connectivity index (χ1) is 13.1. The van der Waals surface area contributed by atoms with Gasteiger partial charge in [-0.2, -0.15) is 0 Å². The number of aliphatic imine (C=N–C) groups is 2. The molecule has 3 aliphatic rings. The summed E-state index contributed by atoms with van der Waals surface area (Å²) < 4.78 is 10.4. The predicted octanol–water partition coefficient (Wildman–Crippen LogP) is 2.89. The maximum atomic E-state index is 11.6. The highest BCUT2D eigenvalue weighted by Crippen LogP contribution is 2.23. The first kappa shape index (κ1) is 19.1. The fraction of sp³-hybridized carbons (Fsp3) is 0.476. The fourth-order valence-electron chi connectivity index (χ4n) is 3.37. The van der Waals surface area contributed by atoms with Crippen LogP contribution in [0.5, 0.6) is 0 Å². The van der Waals surface area contributed by atoms with E-state index in [1.165, 1.54) is 0 Å². The quantitative estimate of drug-likeness (QED) is 0.425. The minimum absolute atomic E-state index is 0.0326. The number of fused-ring (bicyclic) bond motifs is 1. The van der Waals surface area contributed by atoms with Crippen molar-refractivity contribution in [1.82, 2.24) is 5.32 Å². The predicted molar refractivity (Wildman–Crippen MR) is 107 cm³/mol. The van der Waals surface area contributed by atoms with Crippen molar-refractivity contribution in [1.29, 1.82) is 0 Å². The highest BCUT2D eigenvalue weighted by Gasteiger charge is 2.24. The molecule has 3 rings (SSSR count). The molecular weight excluding hydrogens is 342 g/mol. The maximum Gasteiger partial charge on any atom is 0.335 e. The molecule has 0 aromatic rings. The third kappa shape index (κ3) is 4.76. The Kier molecular flexibility index (Phi) is 6.27. The van der Waals surface area contributed by atoms with E-state index in [0.29, 0.717) is 13.0 Å². The molecular formula is C21H27N3O3. The van der Waals surface area contributed by atoms with Crippen molar-refractivity contribution in [2.45, 2.75) is 45.2 Å². The summed E-state index contributed by atoms with van der Waals surface area (Å²) in [6.07, 6.45) is 12.4. The standard InChI is InChI=1S/C21H27N3O3/c1-14(6-4-9-22-15(2)18-8-11-27-21(18)25)24-19-13-17(26-3)12-16-7-5-10-23-20(16)19/h5,7,10,12-14,20,22H,4,6,8-9,11H2,1-3H3. The van der Waals surface area contributed by atoms with E-state index in [4.69, 9.17) is 14.5 Å². The van der Waals surface area contributed by atoms with E-state index in [1.54, 1.807) is 7.11 Å². The Hall–Kier alpha value is -2.63. The van der Waals surface area contributed by atoms with E-state index >= 15 is 0 Å². The Balaban J connectivity index is 1.54. The Morgan fingerprint density at radius 3 is 3.07 bits per heavy atom. The van der Waals surface area contributed by atoms with Gasteiger partial charge < -0.3 is 14.8 Å². The number of dihydropyridines is 1. The van der Waals surface area contributed by atoms with Gasteiger partial charge in [-0.3, -0.25) is 9.98 Å². The summed E-state index contributed by atoms with van der Waals surface area (Å²) in [6, 6.07) is 0.149. The van der Waals surface area contributed by atoms with Crippen LogP contribution in [0.25, 0.3) is 0 Å². The molecule has 0 saturated carbocycles. The zero-order valence-corrected chi connectivity index (χ0v) is 16.2. The molecule has 0 spiro atoms. The maximum absolute atomic E-state index is 11.6. The zero-order valence-electron chi connectivity index (χ0n) is 16.2. The van der Waals surface area contributed by atoms with Crippen molar-refractivity contribution < 1.29 is 14.3 Å². The Morgan fingerprint density at radius 2 is 2.33 bits per heavy atom. The van der Waals surface area contributed by atoms with Crippen molar-refractivity contribution in [3.05, 3.63) is 46.9 Å². The summed E-state index contributed by atoms with van der Waals surface area (Å²) in [5.74, 6) is 0.616. The van der Waals surface area contributed by atoms with E-state index < -0.39 is 0 Å². The smallest absolute Gasteiger partial charge is 0.335 e. The van der Waals surface area contributed by atoms with Crippen LogP contribution in [0, 0.1) is 0 Å². The summed E-state index contributed by atoms with van der Waals surface area (Å²) in [7, 11) is 1.67. The van der Waals surface area contributed by atoms with Gasteiger partial charge in [-0.05, 0) is 44.4 Å². The second kappa shape index (κ2) is 8.84. The summed E-state index contributed by atoms with van der Waals surface area (Å²) in [5.41, 5.74) is 3.74. The first-order valence-electron chi connectivity index (χ1n) is 9.44. The summed E-state index contributed by atoms with van der Waals surface area (Å²) in [5, 5.41) is 3.33. The van der Waals surface area contributed by atoms with E-state index in [1.807, 2.05) is 31.4 Å². The number of nitrogens with one attached hydrogen (secondary N) is 1. The van der Waals surface area contributed by atoms with Crippen LogP contribution in [0.2, 0.25) is 0 Å². The zero-order chi connectivity index (χ0) is 19.2. The van der Waals surface area contributed by atoms with E-state index in [9.17, 15) is 4.79 Å². The monoisotopic (exact) mass is 369 g/mol. The molecule has 0 radical (unpaired) electrons. The first-order valence-corrected chi connectivity index (χ1v) is 9.44. The molecule has 27 heavy (non-hydrogen) atoms. The number of ether oxygens (including phenoxy) is 2. The molecule has 6 heteroatoms. The number of hydrogen-bond donors (Lipinski definition) is 1. The SMILES string of the molecule is COC1=CC(=NC(C)CCCNC(C)=C2CCOC2=O)C2N=CC=CC2=C1. The number of cyclic esters (lactones) is 1. The second-order valence-electron chi connectivity index (χ2n) is 6.92. The molecule has 2 unspecified atom stereocenters. The third-order valence-electron chi connectivity index (χ3n) is 4.88. The van der Waals surface area contributed by atoms with Crippen LogP contribution in [0.3, 0.4) is 0 Å². The van der Waals surface area contributed by atoms with Gasteiger partial charge in [0.05, 0.1) is 25.0 Å². The number of nitrogens with zero attached hydrogens (tertiary/aromatic N) is 2. The number of allylic oxidation sites excluding steroid dienone is 3. The van der Waals surface area contributed by atoms with Gasteiger partial charge in [-0.15, -0.1) is 0 Å². The largest absolute Gasteiger partial charge is 0.497 e. The van der Waals surface area contributed by atoms with Crippen LogP contribution in [-0.2, 0) is 14.3 Å². The molecule has 1 aliphatic carbocycles. The molecule has 144 valence electrons. The molecule has 0 amide bonds. The highest BCUT2D eigenvalue weighted by molar-refractivity contribution is 6.05. The van der Waals surface area contributed by atoms with Gasteiger partial charge in [0.15, 0.2) is 0 Å². The van der Waals surface area contributed by atoms with Crippen molar-refractivity contribution in [2.75, 3.05) is 20.3 Å². The minimum atomic E-state index is -0.191. The number of hydrogen-bond acceptors (Lipinski definition) is 6. The van der Waals surface area contributed by atoms with Gasteiger partial charge in [0, 0.05) is 37.0 Å². The lowest BCUT2D eigenvalue weighted by Gasteiger charge is -2.23. The number of rotatable bonds is 7. The molecule has 2 atom stereocenters. The molecule has 2 heterocycles. The highest BCUT2D eigenvalue weighted by atomic mass is 16.5. The molecule has 0 aromatic carbocycles. The lowest BCUT2D eigenvalue weighted by molar-refractivity contribution is -0.135. The minimum Gasteiger partial charge on any atom is -0.497 e. The van der Waals surface area contributed by atoms with E-state index in [2.05, 4.69) is 23.3 Å². The molecule has 0 bridgehead atoms. The Labute approximate surface area is 160 Å². The summed E-state index contributed by atoms with van der Waals surface area (Å²) >= 11 is 0. The Morgan fingerprint density at radius 1 is 1.48 bits per heavy atom. The molecule has 1 saturated heterocycles. The number of carbonyl (C=O) groups excluding carboxylic acids is 1. The van der Waals surface area contributed by atoms with Crippen LogP contribution in [0.15, 0.2) is 56.9 Å². The van der Waals surface area contributed by atoms with Crippen molar-refractivity contribution >= 4 is 17.9 Å². The summed E-state index contributed by atoms with van der Waals surface area (Å²) in [6.45, 7) is 5.36. The van der Waals surface area contributed by atoms with E-state index in [0.717, 1.165) is 47.7 Å². The average Bonchev–Trinajstić information content (AvgIpc) is 3.11.